The van der Waals surface area contributed by atoms with E-state index in [-0.39, 0.29) is 18.3 Å². The summed E-state index contributed by atoms with van der Waals surface area (Å²) in [5, 5.41) is 13.6. The number of carbonyl (C=O) groups excluding carboxylic acids is 1. The van der Waals surface area contributed by atoms with Crippen molar-refractivity contribution in [1.29, 1.82) is 0 Å². The molecule has 0 unspecified atom stereocenters. The quantitative estimate of drug-likeness (QED) is 0.334. The number of ether oxygens (including phenoxy) is 2. The number of phenolic OH excluding ortho intramolecular Hbond substituents is 1. The Hall–Kier alpha value is -3.09. The van der Waals surface area contributed by atoms with Crippen molar-refractivity contribution in [3.8, 4) is 11.5 Å². The van der Waals surface area contributed by atoms with Crippen LogP contribution in [-0.4, -0.2) is 34.3 Å². The maximum absolute atomic E-state index is 11.2. The molecular weight excluding hydrogens is 427 g/mol. The van der Waals surface area contributed by atoms with E-state index in [4.69, 9.17) is 37.8 Å². The fourth-order valence-corrected chi connectivity index (χ4v) is 3.14. The lowest BCUT2D eigenvalue weighted by molar-refractivity contribution is -0.145. The van der Waals surface area contributed by atoms with E-state index in [9.17, 15) is 4.79 Å². The molecule has 0 radical (unpaired) electrons. The Morgan fingerprint density at radius 1 is 0.933 bits per heavy atom. The standard InChI is InChI=1S/C13H12ClNO3.C9H6ClNO/c1-2-17-12(16)8-18-10-3-4-11-9(7-10)5-6-15-13(11)14;10-9-8-2-1-7(12)5-6(8)3-4-11-9/h3-7H,2,8H2,1H3;1-5,12H. The summed E-state index contributed by atoms with van der Waals surface area (Å²) in [6, 6.07) is 14.0. The minimum atomic E-state index is -0.384. The van der Waals surface area contributed by atoms with Crippen molar-refractivity contribution < 1.29 is 19.4 Å². The maximum Gasteiger partial charge on any atom is 0.344 e. The number of hydrogen-bond acceptors (Lipinski definition) is 6. The van der Waals surface area contributed by atoms with Crippen LogP contribution in [0.5, 0.6) is 11.5 Å². The van der Waals surface area contributed by atoms with E-state index in [1.807, 2.05) is 18.2 Å². The molecule has 0 aliphatic heterocycles. The van der Waals surface area contributed by atoms with Gasteiger partial charge in [0, 0.05) is 23.2 Å². The molecule has 0 aliphatic carbocycles. The molecular formula is C22H18Cl2N2O4. The zero-order valence-electron chi connectivity index (χ0n) is 16.0. The lowest BCUT2D eigenvalue weighted by Gasteiger charge is -2.07. The van der Waals surface area contributed by atoms with Crippen LogP contribution in [0, 0.1) is 0 Å². The van der Waals surface area contributed by atoms with E-state index in [0.29, 0.717) is 22.7 Å². The number of benzene rings is 2. The first-order valence-electron chi connectivity index (χ1n) is 9.04. The average Bonchev–Trinajstić information content (AvgIpc) is 2.73. The fourth-order valence-electron chi connectivity index (χ4n) is 2.68. The Bertz CT molecular complexity index is 1180. The fraction of sp³-hybridized carbons (Fsp3) is 0.136. The first-order chi connectivity index (χ1) is 14.5. The van der Waals surface area contributed by atoms with Gasteiger partial charge in [0.05, 0.1) is 6.61 Å². The second-order valence-electron chi connectivity index (χ2n) is 6.09. The van der Waals surface area contributed by atoms with Crippen LogP contribution in [-0.2, 0) is 9.53 Å². The number of esters is 1. The normalized spacial score (nSPS) is 10.4. The van der Waals surface area contributed by atoms with Crippen LogP contribution >= 0.6 is 23.2 Å². The summed E-state index contributed by atoms with van der Waals surface area (Å²) in [7, 11) is 0. The summed E-state index contributed by atoms with van der Waals surface area (Å²) in [5.41, 5.74) is 0. The van der Waals surface area contributed by atoms with Gasteiger partial charge in [-0.2, -0.15) is 0 Å². The predicted molar refractivity (Wildman–Crippen MR) is 117 cm³/mol. The van der Waals surface area contributed by atoms with Gasteiger partial charge in [-0.25, -0.2) is 14.8 Å². The van der Waals surface area contributed by atoms with Crippen molar-refractivity contribution in [1.82, 2.24) is 9.97 Å². The van der Waals surface area contributed by atoms with Crippen molar-refractivity contribution in [3.63, 3.8) is 0 Å². The number of rotatable bonds is 4. The highest BCUT2D eigenvalue weighted by atomic mass is 35.5. The van der Waals surface area contributed by atoms with Gasteiger partial charge in [-0.1, -0.05) is 23.2 Å². The van der Waals surface area contributed by atoms with Crippen LogP contribution in [0.15, 0.2) is 60.9 Å². The molecule has 0 atom stereocenters. The second-order valence-corrected chi connectivity index (χ2v) is 6.80. The first kappa shape index (κ1) is 21.6. The molecule has 2 heterocycles. The highest BCUT2D eigenvalue weighted by Crippen LogP contribution is 2.25. The lowest BCUT2D eigenvalue weighted by Crippen LogP contribution is -2.14. The van der Waals surface area contributed by atoms with Gasteiger partial charge in [0.1, 0.15) is 21.8 Å². The van der Waals surface area contributed by atoms with Gasteiger partial charge >= 0.3 is 5.97 Å². The molecule has 0 saturated heterocycles. The minimum Gasteiger partial charge on any atom is -0.508 e. The van der Waals surface area contributed by atoms with E-state index in [2.05, 4.69) is 9.97 Å². The first-order valence-corrected chi connectivity index (χ1v) is 9.79. The Morgan fingerprint density at radius 2 is 1.53 bits per heavy atom. The van der Waals surface area contributed by atoms with Crippen molar-refractivity contribution in [2.45, 2.75) is 6.92 Å². The van der Waals surface area contributed by atoms with Gasteiger partial charge < -0.3 is 14.6 Å². The van der Waals surface area contributed by atoms with E-state index in [1.165, 1.54) is 0 Å². The highest BCUT2D eigenvalue weighted by molar-refractivity contribution is 6.34. The third kappa shape index (κ3) is 5.49. The molecule has 8 heteroatoms. The third-order valence-electron chi connectivity index (χ3n) is 4.05. The molecule has 0 spiro atoms. The van der Waals surface area contributed by atoms with Crippen molar-refractivity contribution in [3.05, 3.63) is 71.2 Å². The molecule has 1 N–H and O–H groups in total. The number of nitrogens with zero attached hydrogens (tertiary/aromatic N) is 2. The summed E-state index contributed by atoms with van der Waals surface area (Å²) in [4.78, 5) is 19.1. The Morgan fingerprint density at radius 3 is 2.17 bits per heavy atom. The molecule has 0 bridgehead atoms. The van der Waals surface area contributed by atoms with Gasteiger partial charge in [0.15, 0.2) is 6.61 Å². The highest BCUT2D eigenvalue weighted by Gasteiger charge is 2.05. The van der Waals surface area contributed by atoms with Crippen molar-refractivity contribution in [2.24, 2.45) is 0 Å². The van der Waals surface area contributed by atoms with E-state index < -0.39 is 0 Å². The second kappa shape index (κ2) is 10.1. The van der Waals surface area contributed by atoms with Crippen LogP contribution in [0.3, 0.4) is 0 Å². The Kier molecular flexibility index (Phi) is 7.27. The molecule has 154 valence electrons. The number of pyridine rings is 2. The summed E-state index contributed by atoms with van der Waals surface area (Å²) in [5.74, 6) is 0.452. The molecule has 4 aromatic rings. The topological polar surface area (TPSA) is 81.5 Å². The number of halogens is 2. The monoisotopic (exact) mass is 444 g/mol. The molecule has 2 aromatic heterocycles. The van der Waals surface area contributed by atoms with Gasteiger partial charge in [-0.3, -0.25) is 0 Å². The smallest absolute Gasteiger partial charge is 0.344 e. The SMILES string of the molecule is CCOC(=O)COc1ccc2c(Cl)nccc2c1.Oc1ccc2c(Cl)nccc2c1. The summed E-state index contributed by atoms with van der Waals surface area (Å²) >= 11 is 11.8. The number of aromatic hydroxyl groups is 1. The van der Waals surface area contributed by atoms with E-state index in [0.717, 1.165) is 21.5 Å². The molecule has 0 saturated carbocycles. The molecule has 4 rings (SSSR count). The van der Waals surface area contributed by atoms with Gasteiger partial charge in [-0.15, -0.1) is 0 Å². The number of hydrogen-bond donors (Lipinski definition) is 1. The maximum atomic E-state index is 11.2. The van der Waals surface area contributed by atoms with Crippen LogP contribution in [0.1, 0.15) is 6.92 Å². The van der Waals surface area contributed by atoms with Gasteiger partial charge in [0.25, 0.3) is 0 Å². The number of fused-ring (bicyclic) bond motifs is 2. The van der Waals surface area contributed by atoms with E-state index in [1.54, 1.807) is 49.6 Å². The zero-order chi connectivity index (χ0) is 21.5. The number of aromatic nitrogens is 2. The minimum absolute atomic E-state index is 0.0990. The molecule has 0 amide bonds. The predicted octanol–water partition coefficient (Wildman–Crippen LogP) is 5.42. The Balaban J connectivity index is 0.000000184. The zero-order valence-corrected chi connectivity index (χ0v) is 17.5. The van der Waals surface area contributed by atoms with Crippen LogP contribution in [0.25, 0.3) is 21.5 Å². The average molecular weight is 445 g/mol. The van der Waals surface area contributed by atoms with E-state index >= 15 is 0 Å². The van der Waals surface area contributed by atoms with Crippen LogP contribution in [0.2, 0.25) is 10.3 Å². The molecule has 2 aromatic carbocycles. The van der Waals surface area contributed by atoms with Crippen LogP contribution < -0.4 is 4.74 Å². The summed E-state index contributed by atoms with van der Waals surface area (Å²) in [6.07, 6.45) is 3.24. The third-order valence-corrected chi connectivity index (χ3v) is 4.65. The molecule has 0 aliphatic rings. The van der Waals surface area contributed by atoms with Crippen molar-refractivity contribution in [2.75, 3.05) is 13.2 Å². The summed E-state index contributed by atoms with van der Waals surface area (Å²) in [6.45, 7) is 2.00. The molecule has 6 nitrogen and oxygen atoms in total. The van der Waals surface area contributed by atoms with Crippen LogP contribution in [0.4, 0.5) is 0 Å². The summed E-state index contributed by atoms with van der Waals surface area (Å²) < 4.78 is 10.1. The Labute approximate surface area is 183 Å². The van der Waals surface area contributed by atoms with Gasteiger partial charge in [0.2, 0.25) is 0 Å². The largest absolute Gasteiger partial charge is 0.508 e. The van der Waals surface area contributed by atoms with Gasteiger partial charge in [-0.05, 0) is 66.2 Å². The number of carbonyl (C=O) groups is 1. The molecule has 30 heavy (non-hydrogen) atoms. The molecule has 0 fully saturated rings. The number of phenols is 1. The lowest BCUT2D eigenvalue weighted by atomic mass is 10.2. The van der Waals surface area contributed by atoms with Crippen molar-refractivity contribution >= 4 is 50.7 Å².